The van der Waals surface area contributed by atoms with Crippen LogP contribution in [0.25, 0.3) is 0 Å². The molecule has 0 radical (unpaired) electrons. The standard InChI is InChI=1S/C9H15N3S/c1-8-7-9(13-11-8)12-5-2-3-10-4-6-12/h7,10H,2-6H2,1H3. The Balaban J connectivity index is 2.06. The number of aryl methyl sites for hydroxylation is 1. The van der Waals surface area contributed by atoms with E-state index >= 15 is 0 Å². The summed E-state index contributed by atoms with van der Waals surface area (Å²) in [7, 11) is 0. The van der Waals surface area contributed by atoms with Crippen LogP contribution >= 0.6 is 11.5 Å². The van der Waals surface area contributed by atoms with E-state index in [1.54, 1.807) is 11.5 Å². The van der Waals surface area contributed by atoms with E-state index in [4.69, 9.17) is 0 Å². The molecule has 1 aliphatic rings. The molecule has 1 N–H and O–H groups in total. The van der Waals surface area contributed by atoms with Gasteiger partial charge in [0.1, 0.15) is 5.00 Å². The fraction of sp³-hybridized carbons (Fsp3) is 0.667. The molecule has 72 valence electrons. The lowest BCUT2D eigenvalue weighted by Gasteiger charge is -2.18. The minimum atomic E-state index is 1.09. The summed E-state index contributed by atoms with van der Waals surface area (Å²) >= 11 is 1.61. The molecular weight excluding hydrogens is 182 g/mol. The van der Waals surface area contributed by atoms with Gasteiger partial charge in [-0.1, -0.05) is 0 Å². The van der Waals surface area contributed by atoms with Gasteiger partial charge < -0.3 is 10.2 Å². The van der Waals surface area contributed by atoms with Crippen molar-refractivity contribution >= 4 is 16.5 Å². The van der Waals surface area contributed by atoms with Gasteiger partial charge in [0.2, 0.25) is 0 Å². The highest BCUT2D eigenvalue weighted by Crippen LogP contribution is 2.21. The minimum Gasteiger partial charge on any atom is -0.361 e. The lowest BCUT2D eigenvalue weighted by Crippen LogP contribution is -2.26. The van der Waals surface area contributed by atoms with Crippen molar-refractivity contribution < 1.29 is 0 Å². The van der Waals surface area contributed by atoms with Gasteiger partial charge in [-0.25, -0.2) is 0 Å². The Bertz CT molecular complexity index is 264. The molecule has 2 rings (SSSR count). The van der Waals surface area contributed by atoms with Crippen molar-refractivity contribution in [1.29, 1.82) is 0 Å². The molecule has 2 heterocycles. The van der Waals surface area contributed by atoms with E-state index in [9.17, 15) is 0 Å². The number of aromatic nitrogens is 1. The van der Waals surface area contributed by atoms with Gasteiger partial charge in [-0.3, -0.25) is 0 Å². The molecule has 1 saturated heterocycles. The molecule has 1 aliphatic heterocycles. The van der Waals surface area contributed by atoms with Crippen LogP contribution in [0.5, 0.6) is 0 Å². The highest BCUT2D eigenvalue weighted by atomic mass is 32.1. The Kier molecular flexibility index (Phi) is 2.80. The van der Waals surface area contributed by atoms with Crippen LogP contribution in [0.2, 0.25) is 0 Å². The summed E-state index contributed by atoms with van der Waals surface area (Å²) in [5.74, 6) is 0. The van der Waals surface area contributed by atoms with Crippen LogP contribution in [0, 0.1) is 6.92 Å². The summed E-state index contributed by atoms with van der Waals surface area (Å²) in [5, 5.41) is 4.72. The second kappa shape index (κ2) is 4.07. The van der Waals surface area contributed by atoms with Crippen LogP contribution < -0.4 is 10.2 Å². The Morgan fingerprint density at radius 3 is 3.15 bits per heavy atom. The normalized spacial score (nSPS) is 18.7. The molecule has 0 bridgehead atoms. The molecule has 3 nitrogen and oxygen atoms in total. The number of anilines is 1. The zero-order chi connectivity index (χ0) is 9.10. The van der Waals surface area contributed by atoms with E-state index in [1.165, 1.54) is 11.4 Å². The molecule has 1 aromatic heterocycles. The van der Waals surface area contributed by atoms with E-state index in [2.05, 4.69) is 27.6 Å². The second-order valence-corrected chi connectivity index (χ2v) is 4.18. The number of rotatable bonds is 1. The lowest BCUT2D eigenvalue weighted by atomic mass is 10.4. The quantitative estimate of drug-likeness (QED) is 0.734. The first-order valence-electron chi connectivity index (χ1n) is 4.75. The Morgan fingerprint density at radius 2 is 2.38 bits per heavy atom. The van der Waals surface area contributed by atoms with Crippen LogP contribution in [0.15, 0.2) is 6.07 Å². The van der Waals surface area contributed by atoms with Crippen molar-refractivity contribution in [3.63, 3.8) is 0 Å². The first-order valence-corrected chi connectivity index (χ1v) is 5.52. The van der Waals surface area contributed by atoms with Gasteiger partial charge in [-0.2, -0.15) is 4.37 Å². The highest BCUT2D eigenvalue weighted by Gasteiger charge is 2.11. The van der Waals surface area contributed by atoms with Gasteiger partial charge in [-0.15, -0.1) is 0 Å². The molecule has 0 saturated carbocycles. The molecular formula is C9H15N3S. The molecule has 0 unspecified atom stereocenters. The van der Waals surface area contributed by atoms with Gasteiger partial charge >= 0.3 is 0 Å². The van der Waals surface area contributed by atoms with Crippen molar-refractivity contribution in [1.82, 2.24) is 9.69 Å². The molecule has 0 spiro atoms. The summed E-state index contributed by atoms with van der Waals surface area (Å²) < 4.78 is 4.30. The average molecular weight is 197 g/mol. The van der Waals surface area contributed by atoms with Gasteiger partial charge in [0.25, 0.3) is 0 Å². The van der Waals surface area contributed by atoms with Crippen LogP contribution in [0.3, 0.4) is 0 Å². The van der Waals surface area contributed by atoms with E-state index in [0.29, 0.717) is 0 Å². The second-order valence-electron chi connectivity index (χ2n) is 3.40. The smallest absolute Gasteiger partial charge is 0.112 e. The van der Waals surface area contributed by atoms with Crippen LogP contribution in [0.4, 0.5) is 5.00 Å². The third-order valence-corrected chi connectivity index (χ3v) is 3.21. The average Bonchev–Trinajstić information content (AvgIpc) is 2.43. The number of nitrogens with one attached hydrogen (secondary N) is 1. The van der Waals surface area contributed by atoms with Crippen LogP contribution in [0.1, 0.15) is 12.1 Å². The first kappa shape index (κ1) is 8.97. The number of hydrogen-bond donors (Lipinski definition) is 1. The Morgan fingerprint density at radius 1 is 1.46 bits per heavy atom. The highest BCUT2D eigenvalue weighted by molar-refractivity contribution is 7.10. The summed E-state index contributed by atoms with van der Waals surface area (Å²) in [5.41, 5.74) is 1.14. The van der Waals surface area contributed by atoms with Crippen molar-refractivity contribution in [2.24, 2.45) is 0 Å². The van der Waals surface area contributed by atoms with E-state index in [-0.39, 0.29) is 0 Å². The van der Waals surface area contributed by atoms with Crippen molar-refractivity contribution in [3.05, 3.63) is 11.8 Å². The van der Waals surface area contributed by atoms with Crippen molar-refractivity contribution in [3.8, 4) is 0 Å². The maximum atomic E-state index is 4.30. The topological polar surface area (TPSA) is 28.2 Å². The summed E-state index contributed by atoms with van der Waals surface area (Å²) in [6.45, 7) is 6.57. The molecule has 1 aromatic rings. The van der Waals surface area contributed by atoms with Crippen molar-refractivity contribution in [2.45, 2.75) is 13.3 Å². The van der Waals surface area contributed by atoms with E-state index in [1.807, 2.05) is 0 Å². The largest absolute Gasteiger partial charge is 0.361 e. The molecule has 4 heteroatoms. The monoisotopic (exact) mass is 197 g/mol. The molecule has 1 fully saturated rings. The van der Waals surface area contributed by atoms with E-state index < -0.39 is 0 Å². The fourth-order valence-electron chi connectivity index (χ4n) is 1.57. The SMILES string of the molecule is Cc1cc(N2CCCNCC2)sn1. The molecule has 0 aromatic carbocycles. The maximum Gasteiger partial charge on any atom is 0.112 e. The number of nitrogens with zero attached hydrogens (tertiary/aromatic N) is 2. The molecule has 0 aliphatic carbocycles. The third kappa shape index (κ3) is 2.19. The lowest BCUT2D eigenvalue weighted by molar-refractivity contribution is 0.724. The Labute approximate surface area is 82.9 Å². The predicted octanol–water partition coefficient (Wildman–Crippen LogP) is 1.25. The Hall–Kier alpha value is -0.610. The molecule has 0 amide bonds. The van der Waals surface area contributed by atoms with E-state index in [0.717, 1.165) is 31.9 Å². The minimum absolute atomic E-state index is 1.09. The molecule has 13 heavy (non-hydrogen) atoms. The zero-order valence-corrected chi connectivity index (χ0v) is 8.73. The van der Waals surface area contributed by atoms with Crippen LogP contribution in [-0.4, -0.2) is 30.6 Å². The van der Waals surface area contributed by atoms with Gasteiger partial charge in [0.05, 0.1) is 5.69 Å². The predicted molar refractivity (Wildman–Crippen MR) is 56.6 cm³/mol. The number of hydrogen-bond acceptors (Lipinski definition) is 4. The summed E-state index contributed by atoms with van der Waals surface area (Å²) in [4.78, 5) is 2.42. The summed E-state index contributed by atoms with van der Waals surface area (Å²) in [6, 6.07) is 2.18. The van der Waals surface area contributed by atoms with Gasteiger partial charge in [0, 0.05) is 19.6 Å². The summed E-state index contributed by atoms with van der Waals surface area (Å²) in [6.07, 6.45) is 1.23. The third-order valence-electron chi connectivity index (χ3n) is 2.27. The van der Waals surface area contributed by atoms with Gasteiger partial charge in [0.15, 0.2) is 0 Å². The molecule has 0 atom stereocenters. The fourth-order valence-corrected chi connectivity index (χ4v) is 2.38. The first-order chi connectivity index (χ1) is 6.36. The van der Waals surface area contributed by atoms with Crippen LogP contribution in [-0.2, 0) is 0 Å². The van der Waals surface area contributed by atoms with Crippen molar-refractivity contribution in [2.75, 3.05) is 31.1 Å². The zero-order valence-electron chi connectivity index (χ0n) is 7.92. The van der Waals surface area contributed by atoms with Gasteiger partial charge in [-0.05, 0) is 37.5 Å². The maximum absolute atomic E-state index is 4.30.